The highest BCUT2D eigenvalue weighted by Gasteiger charge is 2.32. The Bertz CT molecular complexity index is 191. The average Bonchev–Trinajstić information content (AvgIpc) is 2.32. The third-order valence-electron chi connectivity index (χ3n) is 2.05. The minimum absolute atomic E-state index is 0.140. The van der Waals surface area contributed by atoms with Crippen LogP contribution in [0.1, 0.15) is 6.42 Å². The Morgan fingerprint density at radius 3 is 2.38 bits per heavy atom. The third-order valence-corrected chi connectivity index (χ3v) is 2.05. The van der Waals surface area contributed by atoms with Crippen LogP contribution in [0.25, 0.3) is 0 Å². The third kappa shape index (κ3) is 4.97. The maximum Gasteiger partial charge on any atom is 0.151 e. The quantitative estimate of drug-likeness (QED) is 0.213. The second-order valence-electron chi connectivity index (χ2n) is 3.34. The van der Waals surface area contributed by atoms with Crippen LogP contribution in [0.15, 0.2) is 0 Å². The first kappa shape index (κ1) is 15.4. The summed E-state index contributed by atoms with van der Waals surface area (Å²) < 4.78 is 5.04. The van der Waals surface area contributed by atoms with Crippen molar-refractivity contribution in [2.45, 2.75) is 30.8 Å². The van der Waals surface area contributed by atoms with Crippen LogP contribution in [-0.2, 0) is 9.53 Å². The lowest BCUT2D eigenvalue weighted by molar-refractivity contribution is -0.150. The van der Waals surface area contributed by atoms with Gasteiger partial charge in [0.2, 0.25) is 0 Å². The van der Waals surface area contributed by atoms with Gasteiger partial charge in [-0.3, -0.25) is 0 Å². The van der Waals surface area contributed by atoms with Crippen LogP contribution in [-0.4, -0.2) is 70.9 Å². The lowest BCUT2D eigenvalue weighted by Crippen LogP contribution is -2.48. The topological polar surface area (TPSA) is 133 Å². The van der Waals surface area contributed by atoms with Crippen LogP contribution in [0.3, 0.4) is 0 Å². The molecular formula is C9H19NO6. The van der Waals surface area contributed by atoms with Crippen molar-refractivity contribution >= 4 is 6.29 Å². The highest BCUT2D eigenvalue weighted by Crippen LogP contribution is 2.09. The first-order valence-corrected chi connectivity index (χ1v) is 5.00. The van der Waals surface area contributed by atoms with Gasteiger partial charge >= 0.3 is 0 Å². The smallest absolute Gasteiger partial charge is 0.151 e. The first-order valence-electron chi connectivity index (χ1n) is 5.00. The van der Waals surface area contributed by atoms with Crippen molar-refractivity contribution in [1.82, 2.24) is 0 Å². The van der Waals surface area contributed by atoms with Gasteiger partial charge in [0.05, 0.1) is 6.61 Å². The zero-order valence-corrected chi connectivity index (χ0v) is 8.90. The van der Waals surface area contributed by atoms with Crippen molar-refractivity contribution in [2.24, 2.45) is 5.73 Å². The summed E-state index contributed by atoms with van der Waals surface area (Å²) in [5.41, 5.74) is 5.22. The monoisotopic (exact) mass is 237 g/mol. The number of carbonyl (C=O) groups excluding carboxylic acids is 1. The Morgan fingerprint density at radius 2 is 1.94 bits per heavy atom. The zero-order valence-electron chi connectivity index (χ0n) is 8.90. The summed E-state index contributed by atoms with van der Waals surface area (Å²) in [6, 6.07) is 0. The second kappa shape index (κ2) is 8.57. The number of ether oxygens (including phenoxy) is 1. The Kier molecular flexibility index (Phi) is 8.26. The molecule has 0 fully saturated rings. The van der Waals surface area contributed by atoms with Gasteiger partial charge in [0.25, 0.3) is 0 Å². The van der Waals surface area contributed by atoms with Gasteiger partial charge in [0, 0.05) is 6.61 Å². The predicted octanol–water partition coefficient (Wildman–Crippen LogP) is -3.01. The fourth-order valence-corrected chi connectivity index (χ4v) is 1.11. The summed E-state index contributed by atoms with van der Waals surface area (Å²) >= 11 is 0. The van der Waals surface area contributed by atoms with Crippen molar-refractivity contribution in [1.29, 1.82) is 0 Å². The van der Waals surface area contributed by atoms with Gasteiger partial charge in [0.1, 0.15) is 24.4 Å². The minimum atomic E-state index is -1.56. The van der Waals surface area contributed by atoms with E-state index in [2.05, 4.69) is 0 Å². The van der Waals surface area contributed by atoms with E-state index >= 15 is 0 Å². The fourth-order valence-electron chi connectivity index (χ4n) is 1.11. The highest BCUT2D eigenvalue weighted by molar-refractivity contribution is 5.56. The van der Waals surface area contributed by atoms with Gasteiger partial charge in [-0.1, -0.05) is 0 Å². The second-order valence-corrected chi connectivity index (χ2v) is 3.34. The van der Waals surface area contributed by atoms with Gasteiger partial charge in [-0.2, -0.15) is 0 Å². The summed E-state index contributed by atoms with van der Waals surface area (Å²) in [6.07, 6.45) is -5.16. The summed E-state index contributed by atoms with van der Waals surface area (Å²) in [4.78, 5) is 10.4. The molecule has 0 unspecified atom stereocenters. The molecule has 0 aromatic carbocycles. The van der Waals surface area contributed by atoms with E-state index in [4.69, 9.17) is 20.7 Å². The molecule has 0 bridgehead atoms. The molecule has 0 amide bonds. The Hall–Kier alpha value is -0.570. The number of hydrogen-bond acceptors (Lipinski definition) is 7. The number of hydrogen-bond donors (Lipinski definition) is 5. The molecule has 0 radical (unpaired) electrons. The average molecular weight is 237 g/mol. The number of rotatable bonds is 9. The normalized spacial score (nSPS) is 18.8. The molecule has 4 atom stereocenters. The predicted molar refractivity (Wildman–Crippen MR) is 54.6 cm³/mol. The molecule has 96 valence electrons. The molecule has 6 N–H and O–H groups in total. The van der Waals surface area contributed by atoms with E-state index < -0.39 is 31.0 Å². The maximum atomic E-state index is 10.4. The Morgan fingerprint density at radius 1 is 1.31 bits per heavy atom. The lowest BCUT2D eigenvalue weighted by atomic mass is 10.0. The number of carbonyl (C=O) groups is 1. The Labute approximate surface area is 93.5 Å². The molecule has 7 nitrogen and oxygen atoms in total. The largest absolute Gasteiger partial charge is 0.394 e. The molecule has 0 aliphatic carbocycles. The van der Waals surface area contributed by atoms with E-state index in [1.807, 2.05) is 0 Å². The molecule has 0 saturated heterocycles. The molecule has 0 spiro atoms. The van der Waals surface area contributed by atoms with E-state index in [1.165, 1.54) is 0 Å². The van der Waals surface area contributed by atoms with E-state index in [1.54, 1.807) is 0 Å². The molecule has 0 aliphatic rings. The van der Waals surface area contributed by atoms with Crippen molar-refractivity contribution in [2.75, 3.05) is 19.8 Å². The fraction of sp³-hybridized carbons (Fsp3) is 0.889. The van der Waals surface area contributed by atoms with Crippen LogP contribution in [0.2, 0.25) is 0 Å². The summed E-state index contributed by atoms with van der Waals surface area (Å²) in [6.45, 7) is -0.187. The van der Waals surface area contributed by atoms with Crippen LogP contribution in [0.5, 0.6) is 0 Å². The maximum absolute atomic E-state index is 10.4. The van der Waals surface area contributed by atoms with E-state index in [-0.39, 0.29) is 12.9 Å². The van der Waals surface area contributed by atoms with Gasteiger partial charge in [0.15, 0.2) is 6.29 Å². The van der Waals surface area contributed by atoms with Gasteiger partial charge in [-0.25, -0.2) is 0 Å². The zero-order chi connectivity index (χ0) is 12.6. The number of aldehydes is 1. The van der Waals surface area contributed by atoms with Crippen molar-refractivity contribution in [3.05, 3.63) is 0 Å². The van der Waals surface area contributed by atoms with E-state index in [0.717, 1.165) is 0 Å². The summed E-state index contributed by atoms with van der Waals surface area (Å²) in [5.74, 6) is 0. The Balaban J connectivity index is 4.34. The number of aliphatic hydroxyl groups is 4. The first-order chi connectivity index (χ1) is 7.58. The molecule has 0 rings (SSSR count). The lowest BCUT2D eigenvalue weighted by Gasteiger charge is -2.27. The van der Waals surface area contributed by atoms with Crippen LogP contribution < -0.4 is 5.73 Å². The summed E-state index contributed by atoms with van der Waals surface area (Å²) in [7, 11) is 0. The minimum Gasteiger partial charge on any atom is -0.394 e. The highest BCUT2D eigenvalue weighted by atomic mass is 16.5. The van der Waals surface area contributed by atoms with Gasteiger partial charge < -0.3 is 35.7 Å². The van der Waals surface area contributed by atoms with E-state index in [0.29, 0.717) is 13.0 Å². The van der Waals surface area contributed by atoms with Crippen molar-refractivity contribution < 1.29 is 30.0 Å². The molecular weight excluding hydrogens is 218 g/mol. The molecule has 0 aromatic rings. The molecule has 0 saturated carbocycles. The van der Waals surface area contributed by atoms with Crippen molar-refractivity contribution in [3.63, 3.8) is 0 Å². The molecule has 0 aromatic heterocycles. The van der Waals surface area contributed by atoms with Crippen LogP contribution >= 0.6 is 0 Å². The van der Waals surface area contributed by atoms with Crippen molar-refractivity contribution in [3.8, 4) is 0 Å². The molecule has 0 aliphatic heterocycles. The van der Waals surface area contributed by atoms with Gasteiger partial charge in [-0.15, -0.1) is 0 Å². The molecule has 16 heavy (non-hydrogen) atoms. The summed E-state index contributed by atoms with van der Waals surface area (Å²) in [5, 5.41) is 36.5. The van der Waals surface area contributed by atoms with Crippen LogP contribution in [0.4, 0.5) is 0 Å². The van der Waals surface area contributed by atoms with Crippen LogP contribution in [0, 0.1) is 0 Å². The number of aliphatic hydroxyl groups excluding tert-OH is 4. The standard InChI is InChI=1S/C9H19NO6/c10-2-1-3-16-9(7(14)5-12)8(15)6(13)4-11/h5-9,11,13-15H,1-4,10H2/t6-,7+,8-,9-/m1/s1. The molecule has 0 heterocycles. The molecule has 7 heteroatoms. The van der Waals surface area contributed by atoms with E-state index in [9.17, 15) is 15.0 Å². The SMILES string of the molecule is NCCCO[C@@H]([C@H](O)[C@H](O)CO)[C@@H](O)C=O. The van der Waals surface area contributed by atoms with Gasteiger partial charge in [-0.05, 0) is 13.0 Å². The number of nitrogens with two attached hydrogens (primary N) is 1.